The van der Waals surface area contributed by atoms with Crippen LogP contribution < -0.4 is 5.32 Å². The Bertz CT molecular complexity index is 479. The van der Waals surface area contributed by atoms with Gasteiger partial charge in [0.2, 0.25) is 11.8 Å². The molecule has 0 radical (unpaired) electrons. The summed E-state index contributed by atoms with van der Waals surface area (Å²) in [6.07, 6.45) is 2.27. The first kappa shape index (κ1) is 14.2. The van der Waals surface area contributed by atoms with Crippen LogP contribution in [0.15, 0.2) is 0 Å². The second kappa shape index (κ2) is 5.44. The third-order valence-corrected chi connectivity index (χ3v) is 4.43. The lowest BCUT2D eigenvalue weighted by Crippen LogP contribution is -2.46. The number of halogens is 1. The topological polar surface area (TPSA) is 83.6 Å². The van der Waals surface area contributed by atoms with E-state index < -0.39 is 27.9 Å². The van der Waals surface area contributed by atoms with E-state index in [4.69, 9.17) is 0 Å². The van der Waals surface area contributed by atoms with Crippen LogP contribution in [0.3, 0.4) is 0 Å². The average Bonchev–Trinajstić information content (AvgIpc) is 2.49. The van der Waals surface area contributed by atoms with Crippen LogP contribution in [0.4, 0.5) is 3.89 Å². The Labute approximate surface area is 111 Å². The molecule has 2 saturated heterocycles. The summed E-state index contributed by atoms with van der Waals surface area (Å²) in [7, 11) is -4.59. The zero-order valence-electron chi connectivity index (χ0n) is 10.5. The lowest BCUT2D eigenvalue weighted by atomic mass is 10.1. The highest BCUT2D eigenvalue weighted by molar-refractivity contribution is 7.86. The maximum atomic E-state index is 12.6. The molecule has 0 spiro atoms. The molecule has 1 N–H and O–H groups in total. The standard InChI is InChI=1S/C11H17FN2O4S/c12-19(17,18)7-8-5-10(15)14(6-8)9-3-1-2-4-13-11(9)16/h8-9H,1-7H2,(H,13,16). The second-order valence-corrected chi connectivity index (χ2v) is 6.54. The van der Waals surface area contributed by atoms with E-state index in [0.717, 1.165) is 12.8 Å². The van der Waals surface area contributed by atoms with E-state index in [1.54, 1.807) is 0 Å². The van der Waals surface area contributed by atoms with Crippen LogP contribution in [-0.2, 0) is 19.8 Å². The summed E-state index contributed by atoms with van der Waals surface area (Å²) in [4.78, 5) is 25.1. The molecule has 0 bridgehead atoms. The predicted molar refractivity (Wildman–Crippen MR) is 65.4 cm³/mol. The van der Waals surface area contributed by atoms with Gasteiger partial charge in [-0.05, 0) is 19.3 Å². The molecule has 108 valence electrons. The monoisotopic (exact) mass is 292 g/mol. The summed E-state index contributed by atoms with van der Waals surface area (Å²) in [5.74, 6) is -1.67. The molecule has 2 amide bonds. The van der Waals surface area contributed by atoms with E-state index in [1.165, 1.54) is 4.90 Å². The van der Waals surface area contributed by atoms with Crippen LogP contribution in [0, 0.1) is 5.92 Å². The fourth-order valence-corrected chi connectivity index (χ4v) is 3.51. The maximum absolute atomic E-state index is 12.6. The molecule has 0 saturated carbocycles. The smallest absolute Gasteiger partial charge is 0.302 e. The van der Waals surface area contributed by atoms with Gasteiger partial charge in [0.15, 0.2) is 0 Å². The highest BCUT2D eigenvalue weighted by Crippen LogP contribution is 2.25. The molecule has 0 aromatic heterocycles. The Kier molecular flexibility index (Phi) is 4.07. The zero-order chi connectivity index (χ0) is 14.0. The molecule has 2 fully saturated rings. The molecule has 19 heavy (non-hydrogen) atoms. The van der Waals surface area contributed by atoms with Gasteiger partial charge in [-0.15, -0.1) is 3.89 Å². The van der Waals surface area contributed by atoms with Gasteiger partial charge in [0.1, 0.15) is 6.04 Å². The number of carbonyl (C=O) groups excluding carboxylic acids is 2. The number of rotatable bonds is 3. The van der Waals surface area contributed by atoms with E-state index in [-0.39, 0.29) is 24.8 Å². The van der Waals surface area contributed by atoms with Crippen molar-refractivity contribution < 1.29 is 21.9 Å². The summed E-state index contributed by atoms with van der Waals surface area (Å²) in [6.45, 7) is 0.736. The molecule has 0 aromatic carbocycles. The third kappa shape index (κ3) is 3.65. The Morgan fingerprint density at radius 1 is 1.32 bits per heavy atom. The summed E-state index contributed by atoms with van der Waals surface area (Å²) in [5, 5.41) is 2.73. The SMILES string of the molecule is O=C1NCCCCC1N1CC(CS(=O)(=O)F)CC1=O. The van der Waals surface area contributed by atoms with E-state index in [0.29, 0.717) is 13.0 Å². The number of hydrogen-bond acceptors (Lipinski definition) is 4. The van der Waals surface area contributed by atoms with Crippen molar-refractivity contribution in [2.75, 3.05) is 18.8 Å². The molecular formula is C11H17FN2O4S. The Morgan fingerprint density at radius 2 is 2.05 bits per heavy atom. The quantitative estimate of drug-likeness (QED) is 0.730. The molecule has 2 aliphatic heterocycles. The van der Waals surface area contributed by atoms with E-state index >= 15 is 0 Å². The van der Waals surface area contributed by atoms with Crippen molar-refractivity contribution in [2.24, 2.45) is 5.92 Å². The van der Waals surface area contributed by atoms with Crippen LogP contribution >= 0.6 is 0 Å². The van der Waals surface area contributed by atoms with Gasteiger partial charge < -0.3 is 10.2 Å². The minimum absolute atomic E-state index is 0.00701. The Balaban J connectivity index is 2.04. The van der Waals surface area contributed by atoms with Crippen molar-refractivity contribution in [3.05, 3.63) is 0 Å². The lowest BCUT2D eigenvalue weighted by Gasteiger charge is -2.25. The minimum Gasteiger partial charge on any atom is -0.354 e. The highest BCUT2D eigenvalue weighted by Gasteiger charge is 2.39. The van der Waals surface area contributed by atoms with E-state index in [1.807, 2.05) is 0 Å². The molecule has 2 unspecified atom stereocenters. The van der Waals surface area contributed by atoms with Crippen molar-refractivity contribution in [1.82, 2.24) is 10.2 Å². The van der Waals surface area contributed by atoms with Crippen LogP contribution in [0.25, 0.3) is 0 Å². The molecule has 8 heteroatoms. The summed E-state index contributed by atoms with van der Waals surface area (Å²) in [6, 6.07) is -0.540. The maximum Gasteiger partial charge on any atom is 0.302 e. The molecular weight excluding hydrogens is 275 g/mol. The van der Waals surface area contributed by atoms with Crippen LogP contribution in [0.1, 0.15) is 25.7 Å². The third-order valence-electron chi connectivity index (χ3n) is 3.56. The van der Waals surface area contributed by atoms with Crippen molar-refractivity contribution in [2.45, 2.75) is 31.7 Å². The molecule has 2 heterocycles. The van der Waals surface area contributed by atoms with Crippen molar-refractivity contribution in [3.8, 4) is 0 Å². The fraction of sp³-hybridized carbons (Fsp3) is 0.818. The number of likely N-dealkylation sites (tertiary alicyclic amines) is 1. The molecule has 0 aliphatic carbocycles. The van der Waals surface area contributed by atoms with E-state index in [2.05, 4.69) is 5.32 Å². The van der Waals surface area contributed by atoms with Gasteiger partial charge in [-0.3, -0.25) is 9.59 Å². The number of amides is 2. The van der Waals surface area contributed by atoms with E-state index in [9.17, 15) is 21.9 Å². The molecule has 0 aromatic rings. The first-order valence-electron chi connectivity index (χ1n) is 6.36. The summed E-state index contributed by atoms with van der Waals surface area (Å²) in [5.41, 5.74) is 0. The average molecular weight is 292 g/mol. The number of hydrogen-bond donors (Lipinski definition) is 1. The minimum atomic E-state index is -4.59. The van der Waals surface area contributed by atoms with Crippen LogP contribution in [0.2, 0.25) is 0 Å². The van der Waals surface area contributed by atoms with Gasteiger partial charge in [-0.1, -0.05) is 0 Å². The largest absolute Gasteiger partial charge is 0.354 e. The molecule has 2 rings (SSSR count). The van der Waals surface area contributed by atoms with Gasteiger partial charge >= 0.3 is 10.2 Å². The number of nitrogens with one attached hydrogen (secondary N) is 1. The van der Waals surface area contributed by atoms with Gasteiger partial charge in [0.05, 0.1) is 5.75 Å². The molecule has 2 aliphatic rings. The Hall–Kier alpha value is -1.18. The van der Waals surface area contributed by atoms with Gasteiger partial charge in [0, 0.05) is 25.4 Å². The van der Waals surface area contributed by atoms with Gasteiger partial charge in [0.25, 0.3) is 0 Å². The highest BCUT2D eigenvalue weighted by atomic mass is 32.3. The number of nitrogens with zero attached hydrogens (tertiary/aromatic N) is 1. The van der Waals surface area contributed by atoms with Crippen molar-refractivity contribution in [3.63, 3.8) is 0 Å². The first-order valence-corrected chi connectivity index (χ1v) is 7.91. The normalized spacial score (nSPS) is 29.2. The molecule has 2 atom stereocenters. The van der Waals surface area contributed by atoms with Crippen LogP contribution in [0.5, 0.6) is 0 Å². The fourth-order valence-electron chi connectivity index (χ4n) is 2.72. The van der Waals surface area contributed by atoms with Crippen molar-refractivity contribution >= 4 is 22.0 Å². The molecule has 6 nitrogen and oxygen atoms in total. The lowest BCUT2D eigenvalue weighted by molar-refractivity contribution is -0.137. The predicted octanol–water partition coefficient (Wildman–Crippen LogP) is -0.197. The van der Waals surface area contributed by atoms with Gasteiger partial charge in [-0.2, -0.15) is 8.42 Å². The summed E-state index contributed by atoms with van der Waals surface area (Å²) < 4.78 is 33.9. The summed E-state index contributed by atoms with van der Waals surface area (Å²) >= 11 is 0. The van der Waals surface area contributed by atoms with Crippen LogP contribution in [-0.4, -0.2) is 50.0 Å². The van der Waals surface area contributed by atoms with Crippen molar-refractivity contribution in [1.29, 1.82) is 0 Å². The first-order chi connectivity index (χ1) is 8.87. The zero-order valence-corrected chi connectivity index (χ0v) is 11.3. The number of carbonyl (C=O) groups is 2. The Morgan fingerprint density at radius 3 is 2.74 bits per heavy atom. The van der Waals surface area contributed by atoms with Gasteiger partial charge in [-0.25, -0.2) is 0 Å². The second-order valence-electron chi connectivity index (χ2n) is 5.12.